The Morgan fingerprint density at radius 3 is 2.70 bits per heavy atom. The summed E-state index contributed by atoms with van der Waals surface area (Å²) < 4.78 is 46.8. The number of para-hydroxylation sites is 1. The second-order valence-electron chi connectivity index (χ2n) is 8.36. The van der Waals surface area contributed by atoms with Crippen molar-refractivity contribution in [3.63, 3.8) is 0 Å². The van der Waals surface area contributed by atoms with Gasteiger partial charge in [-0.25, -0.2) is 0 Å². The van der Waals surface area contributed by atoms with Gasteiger partial charge in [-0.15, -0.1) is 0 Å². The van der Waals surface area contributed by atoms with Gasteiger partial charge in [0.2, 0.25) is 11.8 Å². The van der Waals surface area contributed by atoms with Crippen LogP contribution in [-0.2, 0) is 16.0 Å². The number of anilines is 2. The quantitative estimate of drug-likeness (QED) is 0.679. The summed E-state index contributed by atoms with van der Waals surface area (Å²) in [5.74, 6) is -2.35. The van der Waals surface area contributed by atoms with Crippen molar-refractivity contribution in [2.24, 2.45) is 5.92 Å². The summed E-state index contributed by atoms with van der Waals surface area (Å²) in [7, 11) is 3.64. The smallest absolute Gasteiger partial charge is 0.395 e. The van der Waals surface area contributed by atoms with Crippen LogP contribution in [0.4, 0.5) is 24.5 Å². The van der Waals surface area contributed by atoms with Crippen molar-refractivity contribution in [3.05, 3.63) is 59.7 Å². The summed E-state index contributed by atoms with van der Waals surface area (Å²) in [6.45, 7) is -0.0986. The van der Waals surface area contributed by atoms with Gasteiger partial charge in [-0.05, 0) is 56.3 Å². The average Bonchev–Trinajstić information content (AvgIpc) is 2.92. The standard InChI is InChI=1S/C24H24F3N3O3/c1-30(2)20-11-14-7-8-15(12-19(14)29-23(20)32)28-22(31)13-17-16-5-3-4-6-21(16)33-10-9-18(17)24(25,26)27/h3-8,12-13,18,20H,9-11H2,1-2H3,(H,28,31)(H,29,32)/b17-13-/t18-,20?/m0/s1. The highest BCUT2D eigenvalue weighted by atomic mass is 19.4. The van der Waals surface area contributed by atoms with E-state index in [2.05, 4.69) is 10.6 Å². The van der Waals surface area contributed by atoms with Gasteiger partial charge in [0.15, 0.2) is 0 Å². The van der Waals surface area contributed by atoms with E-state index in [-0.39, 0.29) is 36.1 Å². The van der Waals surface area contributed by atoms with Crippen LogP contribution in [0.25, 0.3) is 5.57 Å². The molecule has 2 amide bonds. The summed E-state index contributed by atoms with van der Waals surface area (Å²) >= 11 is 0. The van der Waals surface area contributed by atoms with Gasteiger partial charge in [0.05, 0.1) is 18.6 Å². The molecule has 0 fully saturated rings. The van der Waals surface area contributed by atoms with Crippen molar-refractivity contribution in [1.82, 2.24) is 4.90 Å². The maximum atomic E-state index is 13.8. The van der Waals surface area contributed by atoms with E-state index in [9.17, 15) is 22.8 Å². The first-order valence-electron chi connectivity index (χ1n) is 10.5. The SMILES string of the molecule is CN(C)C1Cc2ccc(NC(=O)/C=C3/c4ccccc4OCC[C@@H]3C(F)(F)F)cc2NC1=O. The number of ether oxygens (including phenoxy) is 1. The number of halogens is 3. The van der Waals surface area contributed by atoms with Gasteiger partial charge in [0, 0.05) is 23.0 Å². The average molecular weight is 459 g/mol. The van der Waals surface area contributed by atoms with Crippen molar-refractivity contribution in [2.75, 3.05) is 31.3 Å². The maximum Gasteiger partial charge on any atom is 0.395 e. The molecule has 0 aromatic heterocycles. The lowest BCUT2D eigenvalue weighted by Gasteiger charge is -2.29. The molecule has 9 heteroatoms. The molecule has 33 heavy (non-hydrogen) atoms. The van der Waals surface area contributed by atoms with Crippen LogP contribution in [0, 0.1) is 5.92 Å². The van der Waals surface area contributed by atoms with E-state index in [0.717, 1.165) is 11.6 Å². The Hall–Kier alpha value is -3.33. The topological polar surface area (TPSA) is 70.7 Å². The molecule has 2 aliphatic rings. The normalized spacial score (nSPS) is 21.5. The number of likely N-dealkylation sites (N-methyl/N-ethyl adjacent to an activating group) is 1. The Bertz CT molecular complexity index is 1110. The zero-order valence-electron chi connectivity index (χ0n) is 18.2. The fraction of sp³-hybridized carbons (Fsp3) is 0.333. The van der Waals surface area contributed by atoms with E-state index in [1.165, 1.54) is 6.07 Å². The van der Waals surface area contributed by atoms with Crippen molar-refractivity contribution in [1.29, 1.82) is 0 Å². The highest BCUT2D eigenvalue weighted by Gasteiger charge is 2.44. The lowest BCUT2D eigenvalue weighted by Crippen LogP contribution is -2.44. The Labute approximate surface area is 189 Å². The molecule has 1 unspecified atom stereocenters. The molecule has 0 radical (unpaired) electrons. The number of hydrogen-bond acceptors (Lipinski definition) is 4. The van der Waals surface area contributed by atoms with Crippen LogP contribution in [0.5, 0.6) is 5.75 Å². The lowest BCUT2D eigenvalue weighted by molar-refractivity contribution is -0.160. The third kappa shape index (κ3) is 4.88. The number of hydrogen-bond donors (Lipinski definition) is 2. The summed E-state index contributed by atoms with van der Waals surface area (Å²) in [5, 5.41) is 5.45. The Morgan fingerprint density at radius 2 is 1.97 bits per heavy atom. The first-order valence-corrected chi connectivity index (χ1v) is 10.5. The second kappa shape index (κ2) is 8.90. The minimum absolute atomic E-state index is 0.0986. The first-order chi connectivity index (χ1) is 15.6. The molecule has 2 aromatic rings. The molecule has 6 nitrogen and oxygen atoms in total. The van der Waals surface area contributed by atoms with E-state index in [0.29, 0.717) is 23.5 Å². The van der Waals surface area contributed by atoms with E-state index >= 15 is 0 Å². The van der Waals surface area contributed by atoms with E-state index in [4.69, 9.17) is 4.74 Å². The number of amides is 2. The zero-order valence-corrected chi connectivity index (χ0v) is 18.2. The molecule has 0 saturated carbocycles. The molecule has 174 valence electrons. The van der Waals surface area contributed by atoms with Gasteiger partial charge in [0.1, 0.15) is 5.75 Å². The lowest BCUT2D eigenvalue weighted by atomic mass is 9.89. The van der Waals surface area contributed by atoms with Crippen LogP contribution in [0.1, 0.15) is 17.5 Å². The number of benzene rings is 2. The fourth-order valence-corrected chi connectivity index (χ4v) is 4.18. The molecular weight excluding hydrogens is 435 g/mol. The molecule has 2 aliphatic heterocycles. The van der Waals surface area contributed by atoms with Crippen LogP contribution >= 0.6 is 0 Å². The number of carbonyl (C=O) groups excluding carboxylic acids is 2. The molecule has 2 heterocycles. The Morgan fingerprint density at radius 1 is 1.21 bits per heavy atom. The molecule has 2 atom stereocenters. The first kappa shape index (κ1) is 22.8. The van der Waals surface area contributed by atoms with Gasteiger partial charge in [0.25, 0.3) is 0 Å². The molecular formula is C24H24F3N3O3. The third-order valence-corrected chi connectivity index (χ3v) is 5.89. The van der Waals surface area contributed by atoms with Gasteiger partial charge in [-0.2, -0.15) is 13.2 Å². The molecule has 0 saturated heterocycles. The van der Waals surface area contributed by atoms with Crippen LogP contribution < -0.4 is 15.4 Å². The number of rotatable bonds is 3. The number of allylic oxidation sites excluding steroid dienone is 1. The third-order valence-electron chi connectivity index (χ3n) is 5.89. The minimum Gasteiger partial charge on any atom is -0.493 e. The number of carbonyl (C=O) groups is 2. The van der Waals surface area contributed by atoms with Crippen molar-refractivity contribution in [3.8, 4) is 5.75 Å². The van der Waals surface area contributed by atoms with Crippen LogP contribution in [0.3, 0.4) is 0 Å². The van der Waals surface area contributed by atoms with Gasteiger partial charge < -0.3 is 15.4 Å². The molecule has 0 aliphatic carbocycles. The van der Waals surface area contributed by atoms with Crippen LogP contribution in [0.2, 0.25) is 0 Å². The van der Waals surface area contributed by atoms with Crippen molar-refractivity contribution >= 4 is 28.8 Å². The summed E-state index contributed by atoms with van der Waals surface area (Å²) in [5.41, 5.74) is 1.98. The fourth-order valence-electron chi connectivity index (χ4n) is 4.18. The van der Waals surface area contributed by atoms with Gasteiger partial charge in [-0.1, -0.05) is 24.3 Å². The van der Waals surface area contributed by atoms with E-state index < -0.39 is 18.0 Å². The molecule has 4 rings (SSSR count). The molecule has 0 bridgehead atoms. The molecule has 2 N–H and O–H groups in total. The van der Waals surface area contributed by atoms with Crippen LogP contribution in [0.15, 0.2) is 48.5 Å². The summed E-state index contributed by atoms with van der Waals surface area (Å²) in [6, 6.07) is 11.2. The van der Waals surface area contributed by atoms with Crippen molar-refractivity contribution in [2.45, 2.75) is 25.1 Å². The van der Waals surface area contributed by atoms with E-state index in [1.54, 1.807) is 36.4 Å². The van der Waals surface area contributed by atoms with Crippen molar-refractivity contribution < 1.29 is 27.5 Å². The predicted octanol–water partition coefficient (Wildman–Crippen LogP) is 4.09. The van der Waals surface area contributed by atoms with Gasteiger partial charge >= 0.3 is 6.18 Å². The number of alkyl halides is 3. The summed E-state index contributed by atoms with van der Waals surface area (Å²) in [6.07, 6.45) is -3.29. The molecule has 0 spiro atoms. The minimum atomic E-state index is -4.52. The highest BCUT2D eigenvalue weighted by molar-refractivity contribution is 6.05. The highest BCUT2D eigenvalue weighted by Crippen LogP contribution is 2.44. The summed E-state index contributed by atoms with van der Waals surface area (Å²) in [4.78, 5) is 26.9. The Kier molecular flexibility index (Phi) is 6.16. The number of nitrogens with zero attached hydrogens (tertiary/aromatic N) is 1. The monoisotopic (exact) mass is 459 g/mol. The predicted molar refractivity (Wildman–Crippen MR) is 119 cm³/mol. The Balaban J connectivity index is 1.61. The largest absolute Gasteiger partial charge is 0.493 e. The van der Waals surface area contributed by atoms with E-state index in [1.807, 2.05) is 19.0 Å². The number of fused-ring (bicyclic) bond motifs is 2. The maximum absolute atomic E-state index is 13.8. The van der Waals surface area contributed by atoms with Gasteiger partial charge in [-0.3, -0.25) is 14.5 Å². The zero-order chi connectivity index (χ0) is 23.8. The second-order valence-corrected chi connectivity index (χ2v) is 8.36. The van der Waals surface area contributed by atoms with Crippen LogP contribution in [-0.4, -0.2) is 49.6 Å². The number of nitrogens with one attached hydrogen (secondary N) is 2. The molecule has 2 aromatic carbocycles.